The Bertz CT molecular complexity index is 760. The number of carbonyl (C=O) groups is 2. The Morgan fingerprint density at radius 1 is 1.09 bits per heavy atom. The van der Waals surface area contributed by atoms with E-state index < -0.39 is 0 Å². The van der Waals surface area contributed by atoms with Crippen LogP contribution in [0.5, 0.6) is 0 Å². The van der Waals surface area contributed by atoms with Gasteiger partial charge in [-0.1, -0.05) is 48.5 Å². The minimum atomic E-state index is -0.338. The van der Waals surface area contributed by atoms with Gasteiger partial charge in [-0.15, -0.1) is 0 Å². The largest absolute Gasteiger partial charge is 0.351 e. The van der Waals surface area contributed by atoms with Crippen molar-refractivity contribution in [2.24, 2.45) is 0 Å². The maximum atomic E-state index is 12.2. The van der Waals surface area contributed by atoms with E-state index in [1.807, 2.05) is 60.7 Å². The Labute approximate surface area is 128 Å². The van der Waals surface area contributed by atoms with Gasteiger partial charge in [-0.2, -0.15) is 0 Å². The van der Waals surface area contributed by atoms with E-state index in [-0.39, 0.29) is 18.4 Å². The van der Waals surface area contributed by atoms with Gasteiger partial charge in [0.25, 0.3) is 5.91 Å². The maximum absolute atomic E-state index is 12.2. The van der Waals surface area contributed by atoms with Crippen LogP contribution in [0.4, 0.5) is 0 Å². The average molecular weight is 292 g/mol. The summed E-state index contributed by atoms with van der Waals surface area (Å²) >= 11 is 0. The lowest BCUT2D eigenvalue weighted by Crippen LogP contribution is -2.29. The minimum absolute atomic E-state index is 0.209. The van der Waals surface area contributed by atoms with E-state index in [2.05, 4.69) is 10.3 Å². The Balaban J connectivity index is 1.70. The van der Waals surface area contributed by atoms with Crippen molar-refractivity contribution in [1.82, 2.24) is 10.3 Å². The van der Waals surface area contributed by atoms with E-state index in [0.717, 1.165) is 22.8 Å². The molecule has 0 saturated carbocycles. The predicted molar refractivity (Wildman–Crippen MR) is 85.9 cm³/mol. The summed E-state index contributed by atoms with van der Waals surface area (Å²) in [7, 11) is 0. The van der Waals surface area contributed by atoms with Crippen LogP contribution in [0.25, 0.3) is 10.9 Å². The number of fused-ring (bicyclic) bond motifs is 1. The molecular weight excluding hydrogens is 276 g/mol. The molecule has 22 heavy (non-hydrogen) atoms. The first-order valence-corrected chi connectivity index (χ1v) is 7.14. The molecule has 1 aromatic heterocycles. The van der Waals surface area contributed by atoms with Gasteiger partial charge in [0.1, 0.15) is 12.0 Å². The Morgan fingerprint density at radius 3 is 2.55 bits per heavy atom. The number of rotatable bonds is 5. The first-order valence-electron chi connectivity index (χ1n) is 7.14. The van der Waals surface area contributed by atoms with Crippen molar-refractivity contribution >= 4 is 23.1 Å². The van der Waals surface area contributed by atoms with Crippen LogP contribution in [-0.2, 0) is 4.79 Å². The van der Waals surface area contributed by atoms with Gasteiger partial charge in [0, 0.05) is 17.4 Å². The predicted octanol–water partition coefficient (Wildman–Crippen LogP) is 2.88. The number of aromatic nitrogens is 1. The normalized spacial score (nSPS) is 12.0. The average Bonchev–Trinajstić information content (AvgIpc) is 3.00. The molecule has 3 aromatic rings. The fourth-order valence-electron chi connectivity index (χ4n) is 2.44. The van der Waals surface area contributed by atoms with Crippen LogP contribution in [0, 0.1) is 0 Å². The van der Waals surface area contributed by atoms with Crippen molar-refractivity contribution in [3.63, 3.8) is 0 Å². The molecule has 0 saturated heterocycles. The fourth-order valence-corrected chi connectivity index (χ4v) is 2.44. The van der Waals surface area contributed by atoms with Crippen molar-refractivity contribution in [2.75, 3.05) is 6.54 Å². The minimum Gasteiger partial charge on any atom is -0.351 e. The molecule has 0 radical (unpaired) electrons. The van der Waals surface area contributed by atoms with E-state index in [1.54, 1.807) is 0 Å². The second kappa shape index (κ2) is 6.26. The van der Waals surface area contributed by atoms with E-state index in [0.29, 0.717) is 5.69 Å². The zero-order chi connectivity index (χ0) is 15.4. The summed E-state index contributed by atoms with van der Waals surface area (Å²) in [4.78, 5) is 26.5. The molecular formula is C18H16N2O2. The number of amides is 1. The number of hydrogen-bond acceptors (Lipinski definition) is 2. The highest BCUT2D eigenvalue weighted by molar-refractivity contribution is 5.98. The molecule has 0 bridgehead atoms. The number of benzene rings is 2. The molecule has 2 aromatic carbocycles. The Kier molecular flexibility index (Phi) is 4.01. The van der Waals surface area contributed by atoms with Crippen LogP contribution in [0.1, 0.15) is 22.0 Å². The number of H-pyrrole nitrogens is 1. The summed E-state index contributed by atoms with van der Waals surface area (Å²) in [5.74, 6) is -0.548. The summed E-state index contributed by atoms with van der Waals surface area (Å²) in [6.45, 7) is 0.279. The second-order valence-electron chi connectivity index (χ2n) is 5.13. The van der Waals surface area contributed by atoms with E-state index in [1.165, 1.54) is 0 Å². The highest BCUT2D eigenvalue weighted by Gasteiger charge is 2.14. The molecule has 3 rings (SSSR count). The van der Waals surface area contributed by atoms with Crippen LogP contribution in [-0.4, -0.2) is 23.7 Å². The Hall–Kier alpha value is -2.88. The molecule has 110 valence electrons. The zero-order valence-corrected chi connectivity index (χ0v) is 12.0. The second-order valence-corrected chi connectivity index (χ2v) is 5.13. The molecule has 4 nitrogen and oxygen atoms in total. The topological polar surface area (TPSA) is 62.0 Å². The Morgan fingerprint density at radius 2 is 1.82 bits per heavy atom. The molecule has 1 atom stereocenters. The number of aromatic amines is 1. The molecule has 2 N–H and O–H groups in total. The maximum Gasteiger partial charge on any atom is 0.267 e. The first-order chi connectivity index (χ1) is 10.8. The van der Waals surface area contributed by atoms with Gasteiger partial charge in [0.05, 0.1) is 5.92 Å². The standard InChI is InChI=1S/C18H16N2O2/c21-12-15(13-6-2-1-3-7-13)11-19-18(22)17-10-14-8-4-5-9-16(14)20-17/h1-10,12,15,20H,11H2,(H,19,22). The zero-order valence-electron chi connectivity index (χ0n) is 12.0. The van der Waals surface area contributed by atoms with Gasteiger partial charge < -0.3 is 15.1 Å². The van der Waals surface area contributed by atoms with E-state index in [9.17, 15) is 9.59 Å². The molecule has 0 aliphatic carbocycles. The van der Waals surface area contributed by atoms with Crippen molar-refractivity contribution in [1.29, 1.82) is 0 Å². The number of hydrogen-bond donors (Lipinski definition) is 2. The molecule has 4 heteroatoms. The fraction of sp³-hybridized carbons (Fsp3) is 0.111. The lowest BCUT2D eigenvalue weighted by Gasteiger charge is -2.11. The lowest BCUT2D eigenvalue weighted by atomic mass is 10.0. The molecule has 0 aliphatic rings. The highest BCUT2D eigenvalue weighted by atomic mass is 16.2. The van der Waals surface area contributed by atoms with Crippen LogP contribution in [0.15, 0.2) is 60.7 Å². The van der Waals surface area contributed by atoms with Crippen molar-refractivity contribution in [3.8, 4) is 0 Å². The molecule has 1 unspecified atom stereocenters. The SMILES string of the molecule is O=CC(CNC(=O)c1cc2ccccc2[nH]1)c1ccccc1. The molecule has 0 fully saturated rings. The number of aldehydes is 1. The third kappa shape index (κ3) is 2.91. The molecule has 1 amide bonds. The van der Waals surface area contributed by atoms with Gasteiger partial charge in [-0.3, -0.25) is 4.79 Å². The van der Waals surface area contributed by atoms with Gasteiger partial charge in [-0.05, 0) is 17.7 Å². The van der Waals surface area contributed by atoms with Crippen LogP contribution >= 0.6 is 0 Å². The summed E-state index contributed by atoms with van der Waals surface area (Å²) < 4.78 is 0. The summed E-state index contributed by atoms with van der Waals surface area (Å²) in [5, 5.41) is 3.80. The summed E-state index contributed by atoms with van der Waals surface area (Å²) in [5.41, 5.74) is 2.32. The highest BCUT2D eigenvalue weighted by Crippen LogP contribution is 2.15. The van der Waals surface area contributed by atoms with Crippen LogP contribution < -0.4 is 5.32 Å². The van der Waals surface area contributed by atoms with E-state index >= 15 is 0 Å². The number of nitrogens with one attached hydrogen (secondary N) is 2. The number of carbonyl (C=O) groups excluding carboxylic acids is 2. The van der Waals surface area contributed by atoms with Gasteiger partial charge in [0.15, 0.2) is 0 Å². The lowest BCUT2D eigenvalue weighted by molar-refractivity contribution is -0.108. The summed E-state index contributed by atoms with van der Waals surface area (Å²) in [6.07, 6.45) is 0.862. The third-order valence-corrected chi connectivity index (χ3v) is 3.65. The monoisotopic (exact) mass is 292 g/mol. The van der Waals surface area contributed by atoms with E-state index in [4.69, 9.17) is 0 Å². The van der Waals surface area contributed by atoms with Gasteiger partial charge in [-0.25, -0.2) is 0 Å². The first kappa shape index (κ1) is 14.1. The van der Waals surface area contributed by atoms with Crippen LogP contribution in [0.3, 0.4) is 0 Å². The van der Waals surface area contributed by atoms with Crippen molar-refractivity contribution < 1.29 is 9.59 Å². The smallest absolute Gasteiger partial charge is 0.267 e. The van der Waals surface area contributed by atoms with Gasteiger partial charge in [0.2, 0.25) is 0 Å². The van der Waals surface area contributed by atoms with Crippen molar-refractivity contribution in [2.45, 2.75) is 5.92 Å². The number of para-hydroxylation sites is 1. The molecule has 0 aliphatic heterocycles. The quantitative estimate of drug-likeness (QED) is 0.710. The van der Waals surface area contributed by atoms with Crippen LogP contribution in [0.2, 0.25) is 0 Å². The molecule has 0 spiro atoms. The van der Waals surface area contributed by atoms with Crippen molar-refractivity contribution in [3.05, 3.63) is 71.9 Å². The molecule has 1 heterocycles. The van der Waals surface area contributed by atoms with Gasteiger partial charge >= 0.3 is 0 Å². The third-order valence-electron chi connectivity index (χ3n) is 3.65. The summed E-state index contributed by atoms with van der Waals surface area (Å²) in [6, 6.07) is 18.9.